The van der Waals surface area contributed by atoms with Crippen LogP contribution in [0.5, 0.6) is 0 Å². The summed E-state index contributed by atoms with van der Waals surface area (Å²) in [4.78, 5) is 26.9. The van der Waals surface area contributed by atoms with Crippen LogP contribution in [-0.4, -0.2) is 77.2 Å². The molecule has 2 aromatic heterocycles. The van der Waals surface area contributed by atoms with E-state index in [4.69, 9.17) is 4.52 Å². The van der Waals surface area contributed by atoms with Crippen molar-refractivity contribution in [2.75, 3.05) is 40.0 Å². The van der Waals surface area contributed by atoms with Crippen molar-refractivity contribution in [1.29, 1.82) is 0 Å². The van der Waals surface area contributed by atoms with Gasteiger partial charge in [-0.3, -0.25) is 14.8 Å². The summed E-state index contributed by atoms with van der Waals surface area (Å²) in [6.07, 6.45) is 9.89. The van der Waals surface area contributed by atoms with Crippen molar-refractivity contribution in [3.05, 3.63) is 89.5 Å². The van der Waals surface area contributed by atoms with Crippen LogP contribution in [0.15, 0.2) is 76.4 Å². The molecule has 0 saturated carbocycles. The van der Waals surface area contributed by atoms with Gasteiger partial charge in [-0.2, -0.15) is 17.6 Å². The Balaban J connectivity index is 0.00000232. The molecule has 0 radical (unpaired) electrons. The Hall–Kier alpha value is -3.60. The molecule has 10 heteroatoms. The van der Waals surface area contributed by atoms with Crippen molar-refractivity contribution in [3.8, 4) is 11.5 Å². The number of aryl methyl sites for hydroxylation is 1. The summed E-state index contributed by atoms with van der Waals surface area (Å²) in [6, 6.07) is 11.2. The lowest BCUT2D eigenvalue weighted by Gasteiger charge is -2.18. The number of aliphatic hydroxyl groups excluding tert-OH is 1. The molecule has 1 amide bonds. The van der Waals surface area contributed by atoms with Gasteiger partial charge in [-0.25, -0.2) is 0 Å². The Morgan fingerprint density at radius 2 is 1.84 bits per heavy atom. The quantitative estimate of drug-likeness (QED) is 0.0971. The molecule has 1 aromatic carbocycles. The van der Waals surface area contributed by atoms with Crippen LogP contribution in [0.4, 0.5) is 0 Å². The lowest BCUT2D eigenvalue weighted by molar-refractivity contribution is 0.0808. The number of hydrogen-bond donors (Lipinski definition) is 3. The smallest absolute Gasteiger partial charge is 0.253 e. The predicted molar refractivity (Wildman–Crippen MR) is 182 cm³/mol. The molecule has 1 atom stereocenters. The molecule has 0 bridgehead atoms. The third kappa shape index (κ3) is 14.9. The minimum Gasteiger partial charge on any atom is -0.387 e. The number of aliphatic imine (C=N–C) groups is 1. The normalized spacial score (nSPS) is 11.3. The van der Waals surface area contributed by atoms with Gasteiger partial charge in [0.1, 0.15) is 5.69 Å². The molecule has 2 N–H and O–H groups in total. The summed E-state index contributed by atoms with van der Waals surface area (Å²) in [5.74, 6) is 0.837. The third-order valence-electron chi connectivity index (χ3n) is 5.45. The Bertz CT molecular complexity index is 1220. The summed E-state index contributed by atoms with van der Waals surface area (Å²) >= 11 is 3.53. The number of aliphatic hydroxyl groups is 1. The summed E-state index contributed by atoms with van der Waals surface area (Å²) in [7, 11) is 3.46. The zero-order valence-corrected chi connectivity index (χ0v) is 27.9. The third-order valence-corrected chi connectivity index (χ3v) is 5.45. The van der Waals surface area contributed by atoms with Crippen molar-refractivity contribution >= 4 is 24.8 Å². The van der Waals surface area contributed by atoms with Crippen LogP contribution in [-0.2, 0) is 6.42 Å². The van der Waals surface area contributed by atoms with Crippen molar-refractivity contribution in [1.82, 2.24) is 25.3 Å². The largest absolute Gasteiger partial charge is 0.387 e. The van der Waals surface area contributed by atoms with E-state index < -0.39 is 6.10 Å². The number of amides is 1. The van der Waals surface area contributed by atoms with Crippen LogP contribution in [0.25, 0.3) is 11.5 Å². The number of carbonyl (C=O) groups is 1. The van der Waals surface area contributed by atoms with E-state index in [1.165, 1.54) is 6.42 Å². The molecule has 236 valence electrons. The number of thiol groups is 1. The highest BCUT2D eigenvalue weighted by molar-refractivity contribution is 7.79. The van der Waals surface area contributed by atoms with E-state index in [9.17, 15) is 9.90 Å². The van der Waals surface area contributed by atoms with Gasteiger partial charge in [0.2, 0.25) is 11.7 Å². The summed E-state index contributed by atoms with van der Waals surface area (Å²) < 4.78 is 4.97. The van der Waals surface area contributed by atoms with Gasteiger partial charge >= 0.3 is 0 Å². The Kier molecular flexibility index (Phi) is 21.9. The molecule has 0 aliphatic rings. The van der Waals surface area contributed by atoms with E-state index in [0.717, 1.165) is 17.6 Å². The van der Waals surface area contributed by atoms with Gasteiger partial charge in [-0.15, -0.1) is 0 Å². The zero-order valence-electron chi connectivity index (χ0n) is 27.0. The Morgan fingerprint density at radius 3 is 2.35 bits per heavy atom. The van der Waals surface area contributed by atoms with Crippen LogP contribution in [0.2, 0.25) is 0 Å². The van der Waals surface area contributed by atoms with Gasteiger partial charge in [0, 0.05) is 57.6 Å². The van der Waals surface area contributed by atoms with E-state index in [2.05, 4.69) is 58.5 Å². The van der Waals surface area contributed by atoms with Crippen LogP contribution in [0, 0.1) is 6.92 Å². The average molecular weight is 611 g/mol. The maximum atomic E-state index is 12.7. The fraction of sp³-hybridized carbons (Fsp3) is 0.424. The minimum absolute atomic E-state index is 0.0589. The molecule has 9 nitrogen and oxygen atoms in total. The average Bonchev–Trinajstić information content (AvgIpc) is 3.48. The SMILES string of the molecule is C=C/C=C(\C=NC)CN(C)C(=O)c1ccc(CCNCC(O)c2ccc(-c3noc(C)n3)nc2)cc1.CC.CCC.CS. The van der Waals surface area contributed by atoms with Crippen LogP contribution in [0.3, 0.4) is 0 Å². The van der Waals surface area contributed by atoms with Gasteiger partial charge in [-0.1, -0.05) is 76.2 Å². The number of nitrogens with one attached hydrogen (secondary N) is 1. The van der Waals surface area contributed by atoms with Crippen molar-refractivity contribution in [2.24, 2.45) is 4.99 Å². The van der Waals surface area contributed by atoms with Crippen molar-refractivity contribution in [2.45, 2.75) is 53.6 Å². The van der Waals surface area contributed by atoms with Gasteiger partial charge in [0.25, 0.3) is 5.91 Å². The van der Waals surface area contributed by atoms with E-state index >= 15 is 0 Å². The number of likely N-dealkylation sites (N-methyl/N-ethyl adjacent to an activating group) is 1. The minimum atomic E-state index is -0.688. The second-order valence-electron chi connectivity index (χ2n) is 9.01. The maximum Gasteiger partial charge on any atom is 0.253 e. The number of nitrogens with zero attached hydrogens (tertiary/aromatic N) is 5. The monoisotopic (exact) mass is 610 g/mol. The van der Waals surface area contributed by atoms with Gasteiger partial charge < -0.3 is 19.8 Å². The lowest BCUT2D eigenvalue weighted by Crippen LogP contribution is -2.29. The number of hydrogen-bond acceptors (Lipinski definition) is 9. The fourth-order valence-electron chi connectivity index (χ4n) is 3.56. The first kappa shape index (κ1) is 39.4. The summed E-state index contributed by atoms with van der Waals surface area (Å²) in [5, 5.41) is 17.6. The lowest BCUT2D eigenvalue weighted by atomic mass is 10.1. The number of rotatable bonds is 12. The number of carbonyl (C=O) groups excluding carboxylic acids is 1. The standard InChI is InChI=1S/C27H32N6O3.C3H8.C2H6.CH4S/c1-5-6-21(15-28-3)18-33(4)27(35)22-9-7-20(8-10-22)13-14-29-17-25(34)23-11-12-24(30-16-23)26-31-19(2)36-32-26;1-3-2;2*1-2/h5-12,15-16,25,29,34H,1,13-14,17-18H2,2-4H3;3H2,1-2H3;1-2H3;2H,1H3/b21-6+,28-15?;;;. The van der Waals surface area contributed by atoms with Gasteiger partial charge in [0.15, 0.2) is 0 Å². The summed E-state index contributed by atoms with van der Waals surface area (Å²) in [6.45, 7) is 15.2. The first-order valence-corrected chi connectivity index (χ1v) is 15.4. The van der Waals surface area contributed by atoms with Crippen LogP contribution >= 0.6 is 12.6 Å². The summed E-state index contributed by atoms with van der Waals surface area (Å²) in [5.41, 5.74) is 3.93. The van der Waals surface area contributed by atoms with E-state index in [-0.39, 0.29) is 5.91 Å². The van der Waals surface area contributed by atoms with E-state index in [1.807, 2.05) is 44.2 Å². The molecular weight excluding hydrogens is 560 g/mol. The van der Waals surface area contributed by atoms with E-state index in [0.29, 0.717) is 48.2 Å². The molecule has 0 spiro atoms. The number of pyridine rings is 1. The topological polar surface area (TPSA) is 117 Å². The van der Waals surface area contributed by atoms with E-state index in [1.54, 1.807) is 62.8 Å². The second kappa shape index (κ2) is 23.9. The molecular formula is C33H50N6O3S. The highest BCUT2D eigenvalue weighted by Gasteiger charge is 2.13. The second-order valence-corrected chi connectivity index (χ2v) is 9.01. The number of benzene rings is 1. The highest BCUT2D eigenvalue weighted by Crippen LogP contribution is 2.17. The van der Waals surface area contributed by atoms with Gasteiger partial charge in [-0.05, 0) is 48.6 Å². The molecule has 0 aliphatic heterocycles. The van der Waals surface area contributed by atoms with Crippen molar-refractivity contribution in [3.63, 3.8) is 0 Å². The fourth-order valence-corrected chi connectivity index (χ4v) is 3.56. The van der Waals surface area contributed by atoms with Gasteiger partial charge in [0.05, 0.1) is 6.10 Å². The van der Waals surface area contributed by atoms with Crippen LogP contribution in [0.1, 0.15) is 67.6 Å². The Morgan fingerprint density at radius 1 is 1.19 bits per heavy atom. The highest BCUT2D eigenvalue weighted by atomic mass is 32.1. The predicted octanol–water partition coefficient (Wildman–Crippen LogP) is 6.18. The molecule has 2 heterocycles. The molecule has 1 unspecified atom stereocenters. The zero-order chi connectivity index (χ0) is 32.6. The molecule has 0 fully saturated rings. The number of aromatic nitrogens is 3. The molecule has 0 aliphatic carbocycles. The maximum absolute atomic E-state index is 12.7. The molecule has 3 aromatic rings. The number of allylic oxidation sites excluding steroid dienone is 2. The Labute approximate surface area is 263 Å². The van der Waals surface area contributed by atoms with Crippen LogP contribution < -0.4 is 5.32 Å². The molecule has 3 rings (SSSR count). The first-order chi connectivity index (χ1) is 20.8. The molecule has 0 saturated heterocycles. The first-order valence-electron chi connectivity index (χ1n) is 14.5. The van der Waals surface area contributed by atoms with Crippen molar-refractivity contribution < 1.29 is 14.4 Å². The molecule has 43 heavy (non-hydrogen) atoms.